The molecule has 2 heterocycles. The van der Waals surface area contributed by atoms with E-state index < -0.39 is 0 Å². The predicted octanol–water partition coefficient (Wildman–Crippen LogP) is 4.97. The maximum absolute atomic E-state index is 10.1. The number of aliphatic hydroxyl groups is 1. The summed E-state index contributed by atoms with van der Waals surface area (Å²) in [5.41, 5.74) is 1.08. The van der Waals surface area contributed by atoms with E-state index in [1.54, 1.807) is 28.4 Å². The van der Waals surface area contributed by atoms with Gasteiger partial charge in [-0.2, -0.15) is 0 Å². The van der Waals surface area contributed by atoms with E-state index in [4.69, 9.17) is 14.2 Å². The molecule has 29 heavy (non-hydrogen) atoms. The van der Waals surface area contributed by atoms with Crippen LogP contribution in [-0.4, -0.2) is 68.6 Å². The molecule has 1 unspecified atom stereocenters. The lowest BCUT2D eigenvalue weighted by atomic mass is 10.2. The molecule has 3 rings (SSSR count). The molecule has 5 nitrogen and oxygen atoms in total. The van der Waals surface area contributed by atoms with Crippen LogP contribution in [0.4, 0.5) is 0 Å². The highest BCUT2D eigenvalue weighted by atomic mass is 32.2. The van der Waals surface area contributed by atoms with Crippen molar-refractivity contribution in [3.63, 3.8) is 0 Å². The Hall–Kier alpha value is 0.420. The van der Waals surface area contributed by atoms with Crippen molar-refractivity contribution in [3.05, 3.63) is 11.6 Å². The zero-order valence-electron chi connectivity index (χ0n) is 17.8. The molecule has 0 saturated carbocycles. The lowest BCUT2D eigenvalue weighted by Crippen LogP contribution is -2.21. The number of thioether (sulfide) groups is 4. The standard InChI is InChI=1S/C17H24O4S4.C3H8O/c1-19-6-4-17(5-7-20-2)24-13-8-12-15(11(9-18)16(13)25-17)23-14(22-12)10-21-3;1-3-4-2/h8,14,18H,4-7,9-10H2,1-3H3;3H2,1-2H3. The molecule has 1 atom stereocenters. The van der Waals surface area contributed by atoms with Gasteiger partial charge in [0.1, 0.15) is 0 Å². The molecular weight excluding hydrogens is 448 g/mol. The summed E-state index contributed by atoms with van der Waals surface area (Å²) in [5.74, 6) is 0. The van der Waals surface area contributed by atoms with Crippen molar-refractivity contribution in [1.29, 1.82) is 0 Å². The van der Waals surface area contributed by atoms with Crippen LogP contribution in [0.15, 0.2) is 25.6 Å². The third-order valence-corrected chi connectivity index (χ3v) is 10.7. The Morgan fingerprint density at radius 2 is 1.55 bits per heavy atom. The van der Waals surface area contributed by atoms with Gasteiger partial charge in [0.2, 0.25) is 0 Å². The lowest BCUT2D eigenvalue weighted by molar-refractivity contribution is 0.171. The lowest BCUT2D eigenvalue weighted by Gasteiger charge is -2.26. The average Bonchev–Trinajstić information content (AvgIpc) is 3.30. The van der Waals surface area contributed by atoms with Crippen LogP contribution in [0.1, 0.15) is 25.3 Å². The van der Waals surface area contributed by atoms with E-state index >= 15 is 0 Å². The van der Waals surface area contributed by atoms with E-state index in [1.807, 2.05) is 54.0 Å². The Bertz CT molecular complexity index is 634. The maximum Gasteiger partial charge on any atom is 0.0830 e. The summed E-state index contributed by atoms with van der Waals surface area (Å²) in [6, 6.07) is 2.30. The summed E-state index contributed by atoms with van der Waals surface area (Å²) in [6.07, 6.45) is 1.91. The molecule has 0 radical (unpaired) electrons. The second kappa shape index (κ2) is 13.1. The number of hydrogen-bond acceptors (Lipinski definition) is 9. The van der Waals surface area contributed by atoms with Crippen LogP contribution in [0, 0.1) is 0 Å². The first-order valence-corrected chi connectivity index (χ1v) is 12.9. The highest BCUT2D eigenvalue weighted by molar-refractivity contribution is 8.21. The van der Waals surface area contributed by atoms with Crippen molar-refractivity contribution in [2.75, 3.05) is 54.9 Å². The van der Waals surface area contributed by atoms with Crippen molar-refractivity contribution in [2.45, 2.75) is 54.6 Å². The van der Waals surface area contributed by atoms with Gasteiger partial charge in [-0.25, -0.2) is 0 Å². The van der Waals surface area contributed by atoms with Crippen LogP contribution >= 0.6 is 47.0 Å². The van der Waals surface area contributed by atoms with E-state index in [2.05, 4.69) is 10.8 Å². The molecule has 0 saturated heterocycles. The Balaban J connectivity index is 0.000000687. The first kappa shape index (κ1) is 25.7. The molecular formula is C20H32O5S4. The third kappa shape index (κ3) is 6.70. The van der Waals surface area contributed by atoms with E-state index in [0.29, 0.717) is 11.2 Å². The number of aliphatic hydroxyl groups excluding tert-OH is 1. The van der Waals surface area contributed by atoms with Gasteiger partial charge in [-0.15, -0.1) is 47.0 Å². The highest BCUT2D eigenvalue weighted by Gasteiger charge is 2.42. The van der Waals surface area contributed by atoms with Crippen molar-refractivity contribution < 1.29 is 24.1 Å². The Kier molecular flexibility index (Phi) is 11.6. The zero-order valence-corrected chi connectivity index (χ0v) is 21.1. The van der Waals surface area contributed by atoms with Crippen LogP contribution in [0.5, 0.6) is 0 Å². The van der Waals surface area contributed by atoms with Crippen LogP contribution in [0.25, 0.3) is 0 Å². The summed E-state index contributed by atoms with van der Waals surface area (Å²) in [6.45, 7) is 5.03. The summed E-state index contributed by atoms with van der Waals surface area (Å²) in [7, 11) is 6.92. The number of rotatable bonds is 10. The Labute approximate surface area is 191 Å². The van der Waals surface area contributed by atoms with Crippen LogP contribution < -0.4 is 0 Å². The molecule has 0 bridgehead atoms. The van der Waals surface area contributed by atoms with Gasteiger partial charge in [-0.3, -0.25) is 0 Å². The Morgan fingerprint density at radius 3 is 2.07 bits per heavy atom. The second-order valence-electron chi connectivity index (χ2n) is 6.47. The minimum absolute atomic E-state index is 0.0224. The number of benzene rings is 1. The minimum Gasteiger partial charge on any atom is -0.392 e. The molecule has 2 aliphatic heterocycles. The van der Waals surface area contributed by atoms with E-state index in [1.165, 1.54) is 19.6 Å². The molecule has 0 amide bonds. The Morgan fingerprint density at radius 1 is 0.897 bits per heavy atom. The van der Waals surface area contributed by atoms with E-state index in [9.17, 15) is 5.11 Å². The number of ether oxygens (including phenoxy) is 4. The zero-order chi connectivity index (χ0) is 21.3. The molecule has 0 spiro atoms. The second-order valence-corrected chi connectivity index (χ2v) is 12.3. The van der Waals surface area contributed by atoms with Crippen LogP contribution in [0.3, 0.4) is 0 Å². The van der Waals surface area contributed by atoms with E-state index in [0.717, 1.165) is 38.2 Å². The number of hydrogen-bond donors (Lipinski definition) is 1. The van der Waals surface area contributed by atoms with Crippen molar-refractivity contribution in [2.24, 2.45) is 0 Å². The van der Waals surface area contributed by atoms with E-state index in [-0.39, 0.29) is 10.7 Å². The topological polar surface area (TPSA) is 57.2 Å². The molecule has 9 heteroatoms. The first-order valence-electron chi connectivity index (χ1n) is 9.55. The quantitative estimate of drug-likeness (QED) is 0.500. The fraction of sp³-hybridized carbons (Fsp3) is 0.700. The summed E-state index contributed by atoms with van der Waals surface area (Å²) < 4.78 is 20.9. The fourth-order valence-electron chi connectivity index (χ4n) is 2.95. The van der Waals surface area contributed by atoms with Crippen molar-refractivity contribution in [3.8, 4) is 0 Å². The largest absolute Gasteiger partial charge is 0.392 e. The molecule has 1 N–H and O–H groups in total. The fourth-order valence-corrected chi connectivity index (χ4v) is 9.32. The highest BCUT2D eigenvalue weighted by Crippen LogP contribution is 2.63. The average molecular weight is 481 g/mol. The van der Waals surface area contributed by atoms with Crippen LogP contribution in [-0.2, 0) is 25.6 Å². The van der Waals surface area contributed by atoms with Gasteiger partial charge in [0.05, 0.1) is 21.9 Å². The minimum atomic E-state index is 0.0224. The number of methoxy groups -OCH3 is 4. The molecule has 2 aliphatic rings. The maximum atomic E-state index is 10.1. The summed E-state index contributed by atoms with van der Waals surface area (Å²) in [5, 5.41) is 10.1. The van der Waals surface area contributed by atoms with Gasteiger partial charge in [0.15, 0.2) is 0 Å². The van der Waals surface area contributed by atoms with Gasteiger partial charge >= 0.3 is 0 Å². The third-order valence-electron chi connectivity index (χ3n) is 4.47. The normalized spacial score (nSPS) is 18.9. The molecule has 0 fully saturated rings. The van der Waals surface area contributed by atoms with Crippen molar-refractivity contribution in [1.82, 2.24) is 0 Å². The molecule has 166 valence electrons. The molecule has 1 aromatic rings. The van der Waals surface area contributed by atoms with Gasteiger partial charge in [0, 0.05) is 73.4 Å². The number of fused-ring (bicyclic) bond motifs is 2. The van der Waals surface area contributed by atoms with Crippen LogP contribution in [0.2, 0.25) is 0 Å². The van der Waals surface area contributed by atoms with Gasteiger partial charge in [0.25, 0.3) is 0 Å². The molecule has 1 aromatic carbocycles. The monoisotopic (exact) mass is 480 g/mol. The smallest absolute Gasteiger partial charge is 0.0830 e. The first-order chi connectivity index (χ1) is 14.1. The molecule has 0 aromatic heterocycles. The van der Waals surface area contributed by atoms with Crippen molar-refractivity contribution >= 4 is 47.0 Å². The molecule has 0 aliphatic carbocycles. The van der Waals surface area contributed by atoms with Gasteiger partial charge in [-0.05, 0) is 25.8 Å². The predicted molar refractivity (Wildman–Crippen MR) is 125 cm³/mol. The summed E-state index contributed by atoms with van der Waals surface area (Å²) in [4.78, 5) is 5.03. The SMILES string of the molecule is CCOC.COCCC1(CCOC)Sc2cc3c(c(CO)c2S1)SC(COC)S3. The van der Waals surface area contributed by atoms with Gasteiger partial charge < -0.3 is 24.1 Å². The summed E-state index contributed by atoms with van der Waals surface area (Å²) >= 11 is 7.46. The van der Waals surface area contributed by atoms with Gasteiger partial charge in [-0.1, -0.05) is 0 Å².